The largest absolute Gasteiger partial charge is 0.396 e. The van der Waals surface area contributed by atoms with E-state index in [-0.39, 0.29) is 24.5 Å². The van der Waals surface area contributed by atoms with Crippen LogP contribution >= 0.6 is 0 Å². The summed E-state index contributed by atoms with van der Waals surface area (Å²) in [5.41, 5.74) is 4.31. The smallest absolute Gasteiger partial charge is 0.255 e. The fraction of sp³-hybridized carbons (Fsp3) is 0.333. The van der Waals surface area contributed by atoms with Crippen LogP contribution in [0.1, 0.15) is 62.4 Å². The number of anilines is 5. The number of hydrogen-bond donors (Lipinski definition) is 4. The number of carbonyl (C=O) groups is 2. The van der Waals surface area contributed by atoms with Gasteiger partial charge in [0.15, 0.2) is 5.65 Å². The number of amides is 2. The lowest BCUT2D eigenvalue weighted by molar-refractivity contribution is -0.111. The monoisotopic (exact) mass is 583 g/mol. The van der Waals surface area contributed by atoms with Crippen molar-refractivity contribution in [3.63, 3.8) is 0 Å². The number of carbonyl (C=O) groups excluding carboxylic acids is 2. The normalized spacial score (nSPS) is 14.4. The van der Waals surface area contributed by atoms with Crippen LogP contribution in [0.4, 0.5) is 28.7 Å². The van der Waals surface area contributed by atoms with Gasteiger partial charge in [0.2, 0.25) is 5.91 Å². The number of rotatable bonds is 10. The highest BCUT2D eigenvalue weighted by molar-refractivity contribution is 6.05. The van der Waals surface area contributed by atoms with Crippen molar-refractivity contribution in [2.24, 2.45) is 0 Å². The molecule has 0 saturated carbocycles. The van der Waals surface area contributed by atoms with Gasteiger partial charge >= 0.3 is 0 Å². The molecule has 2 aromatic heterocycles. The van der Waals surface area contributed by atoms with Gasteiger partial charge in [-0.1, -0.05) is 33.4 Å². The van der Waals surface area contributed by atoms with E-state index in [4.69, 9.17) is 4.98 Å². The summed E-state index contributed by atoms with van der Waals surface area (Å²) in [6, 6.07) is 16.4. The van der Waals surface area contributed by atoms with E-state index in [0.29, 0.717) is 23.4 Å². The molecule has 43 heavy (non-hydrogen) atoms. The van der Waals surface area contributed by atoms with Gasteiger partial charge in [-0.3, -0.25) is 9.59 Å². The zero-order chi connectivity index (χ0) is 30.8. The first-order valence-electron chi connectivity index (χ1n) is 15.0. The standard InChI is InChI=1S/C31H35N7O3.C2H6/c1-3-21-20-32-38-28(19-27(36-30(21)38)37-16-6-5-10-26(37)15-17-39)33-24-8-7-9-25(18-24)35-31(41)22-11-13-23(14-12-22)34-29(40)4-2;1-2/h4,7-9,11-14,18-20,26,33,39H,2-3,5-6,10,15-17H2,1H3,(H,34,40)(H,35,41);1-2H3. The Labute approximate surface area is 252 Å². The minimum Gasteiger partial charge on any atom is -0.396 e. The summed E-state index contributed by atoms with van der Waals surface area (Å²) in [5.74, 6) is 1.05. The van der Waals surface area contributed by atoms with Crippen LogP contribution in [0.5, 0.6) is 0 Å². The summed E-state index contributed by atoms with van der Waals surface area (Å²) >= 11 is 0. The quantitative estimate of drug-likeness (QED) is 0.164. The molecule has 4 aromatic rings. The van der Waals surface area contributed by atoms with Crippen molar-refractivity contribution in [1.29, 1.82) is 0 Å². The Kier molecular flexibility index (Phi) is 10.9. The molecule has 1 atom stereocenters. The van der Waals surface area contributed by atoms with E-state index in [1.54, 1.807) is 24.3 Å². The van der Waals surface area contributed by atoms with Crippen LogP contribution in [-0.4, -0.2) is 50.7 Å². The van der Waals surface area contributed by atoms with Crippen LogP contribution in [0, 0.1) is 0 Å². The van der Waals surface area contributed by atoms with Crippen LogP contribution in [0.15, 0.2) is 73.4 Å². The van der Waals surface area contributed by atoms with Crippen molar-refractivity contribution >= 4 is 46.2 Å². The van der Waals surface area contributed by atoms with Crippen molar-refractivity contribution in [2.45, 2.75) is 58.9 Å². The lowest BCUT2D eigenvalue weighted by atomic mass is 9.99. The second kappa shape index (κ2) is 15.0. The maximum absolute atomic E-state index is 12.9. The van der Waals surface area contributed by atoms with Crippen molar-refractivity contribution < 1.29 is 14.7 Å². The summed E-state index contributed by atoms with van der Waals surface area (Å²) in [7, 11) is 0. The Balaban J connectivity index is 0.00000207. The molecule has 4 N–H and O–H groups in total. The maximum Gasteiger partial charge on any atom is 0.255 e. The molecule has 0 radical (unpaired) electrons. The van der Waals surface area contributed by atoms with Crippen molar-refractivity contribution in [3.05, 3.63) is 84.6 Å². The lowest BCUT2D eigenvalue weighted by Crippen LogP contribution is -2.40. The highest BCUT2D eigenvalue weighted by Gasteiger charge is 2.25. The van der Waals surface area contributed by atoms with Gasteiger partial charge in [0.05, 0.1) is 6.20 Å². The SMILES string of the molecule is C=CC(=O)Nc1ccc(C(=O)Nc2cccc(Nc3cc(N4CCCCC4CCO)nc4c(CC)cnn34)c2)cc1.CC. The number of nitrogens with zero attached hydrogens (tertiary/aromatic N) is 4. The number of aromatic nitrogens is 3. The van der Waals surface area contributed by atoms with E-state index in [0.717, 1.165) is 60.8 Å². The number of aliphatic hydroxyl groups is 1. The topological polar surface area (TPSA) is 124 Å². The zero-order valence-corrected chi connectivity index (χ0v) is 25.1. The molecule has 1 fully saturated rings. The number of hydrogen-bond acceptors (Lipinski definition) is 7. The van der Waals surface area contributed by atoms with Gasteiger partial charge in [0.1, 0.15) is 11.6 Å². The van der Waals surface area contributed by atoms with E-state index in [1.807, 2.05) is 54.9 Å². The van der Waals surface area contributed by atoms with Gasteiger partial charge in [-0.05, 0) is 80.6 Å². The first-order chi connectivity index (χ1) is 21.0. The maximum atomic E-state index is 12.9. The van der Waals surface area contributed by atoms with Gasteiger partial charge in [0, 0.05) is 53.4 Å². The Hall–Kier alpha value is -4.70. The molecular weight excluding hydrogens is 542 g/mol. The molecular formula is C33H41N7O3. The van der Waals surface area contributed by atoms with Gasteiger partial charge in [0.25, 0.3) is 5.91 Å². The molecule has 5 rings (SSSR count). The summed E-state index contributed by atoms with van der Waals surface area (Å²) < 4.78 is 1.81. The van der Waals surface area contributed by atoms with Crippen LogP contribution in [0.25, 0.3) is 5.65 Å². The third-order valence-electron chi connectivity index (χ3n) is 7.29. The zero-order valence-electron chi connectivity index (χ0n) is 25.1. The molecule has 1 aliphatic rings. The number of piperidine rings is 1. The number of fused-ring (bicyclic) bond motifs is 1. The van der Waals surface area contributed by atoms with Crippen LogP contribution in [0.2, 0.25) is 0 Å². The first-order valence-corrected chi connectivity index (χ1v) is 15.0. The summed E-state index contributed by atoms with van der Waals surface area (Å²) in [5, 5.41) is 23.3. The second-order valence-electron chi connectivity index (χ2n) is 10.0. The molecule has 0 bridgehead atoms. The van der Waals surface area contributed by atoms with Gasteiger partial charge in [-0.25, -0.2) is 4.98 Å². The molecule has 0 aliphatic carbocycles. The number of benzene rings is 2. The lowest BCUT2D eigenvalue weighted by Gasteiger charge is -2.36. The summed E-state index contributed by atoms with van der Waals surface area (Å²) in [6.45, 7) is 10.6. The molecule has 1 aliphatic heterocycles. The Morgan fingerprint density at radius 1 is 1.05 bits per heavy atom. The predicted molar refractivity (Wildman–Crippen MR) is 173 cm³/mol. The molecule has 2 aromatic carbocycles. The van der Waals surface area contributed by atoms with Crippen LogP contribution < -0.4 is 20.9 Å². The highest BCUT2D eigenvalue weighted by Crippen LogP contribution is 2.30. The average Bonchev–Trinajstić information content (AvgIpc) is 3.46. The van der Waals surface area contributed by atoms with E-state index in [9.17, 15) is 14.7 Å². The molecule has 10 nitrogen and oxygen atoms in total. The molecule has 1 saturated heterocycles. The molecule has 10 heteroatoms. The number of aryl methyl sites for hydroxylation is 1. The average molecular weight is 584 g/mol. The third-order valence-corrected chi connectivity index (χ3v) is 7.29. The minimum absolute atomic E-state index is 0.149. The molecule has 0 spiro atoms. The fourth-order valence-corrected chi connectivity index (χ4v) is 5.16. The van der Waals surface area contributed by atoms with E-state index >= 15 is 0 Å². The van der Waals surface area contributed by atoms with Crippen molar-refractivity contribution in [1.82, 2.24) is 14.6 Å². The Morgan fingerprint density at radius 3 is 2.53 bits per heavy atom. The minimum atomic E-state index is -0.313. The Bertz CT molecular complexity index is 1550. The van der Waals surface area contributed by atoms with Crippen molar-refractivity contribution in [3.8, 4) is 0 Å². The van der Waals surface area contributed by atoms with Gasteiger partial charge < -0.3 is 26.0 Å². The van der Waals surface area contributed by atoms with Crippen LogP contribution in [-0.2, 0) is 11.2 Å². The van der Waals surface area contributed by atoms with E-state index < -0.39 is 0 Å². The van der Waals surface area contributed by atoms with Crippen molar-refractivity contribution in [2.75, 3.05) is 34.0 Å². The highest BCUT2D eigenvalue weighted by atomic mass is 16.3. The fourth-order valence-electron chi connectivity index (χ4n) is 5.16. The van der Waals surface area contributed by atoms with E-state index in [1.165, 1.54) is 6.08 Å². The predicted octanol–water partition coefficient (Wildman–Crippen LogP) is 6.18. The molecule has 3 heterocycles. The van der Waals surface area contributed by atoms with Crippen LogP contribution in [0.3, 0.4) is 0 Å². The number of aliphatic hydroxyl groups excluding tert-OH is 1. The summed E-state index contributed by atoms with van der Waals surface area (Å²) in [4.78, 5) is 31.7. The van der Waals surface area contributed by atoms with E-state index in [2.05, 4.69) is 39.5 Å². The van der Waals surface area contributed by atoms with Gasteiger partial charge in [-0.15, -0.1) is 0 Å². The Morgan fingerprint density at radius 2 is 1.81 bits per heavy atom. The molecule has 1 unspecified atom stereocenters. The second-order valence-corrected chi connectivity index (χ2v) is 10.0. The number of nitrogens with one attached hydrogen (secondary N) is 3. The third kappa shape index (κ3) is 7.58. The summed E-state index contributed by atoms with van der Waals surface area (Å²) in [6.07, 6.45) is 7.83. The molecule has 226 valence electrons. The first kappa shape index (κ1) is 31.2. The molecule has 2 amide bonds. The van der Waals surface area contributed by atoms with Gasteiger partial charge in [-0.2, -0.15) is 9.61 Å².